The SMILES string of the molecule is COc1cc(CN(C)C2CCCNC2)cc([N+](=O)[O-])c1. The number of nitro groups is 1. The molecule has 110 valence electrons. The molecule has 0 radical (unpaired) electrons. The van der Waals surface area contributed by atoms with E-state index in [4.69, 9.17) is 4.74 Å². The van der Waals surface area contributed by atoms with Gasteiger partial charge in [-0.05, 0) is 38.1 Å². The molecule has 0 amide bonds. The van der Waals surface area contributed by atoms with Crippen LogP contribution in [-0.4, -0.2) is 43.1 Å². The smallest absolute Gasteiger partial charge is 0.273 e. The molecule has 1 unspecified atom stereocenters. The number of nitro benzene ring substituents is 1. The summed E-state index contributed by atoms with van der Waals surface area (Å²) in [5.41, 5.74) is 0.985. The van der Waals surface area contributed by atoms with Gasteiger partial charge in [0, 0.05) is 25.2 Å². The summed E-state index contributed by atoms with van der Waals surface area (Å²) in [4.78, 5) is 12.8. The van der Waals surface area contributed by atoms with E-state index in [0.29, 0.717) is 18.3 Å². The zero-order chi connectivity index (χ0) is 14.5. The van der Waals surface area contributed by atoms with Crippen molar-refractivity contribution in [2.45, 2.75) is 25.4 Å². The van der Waals surface area contributed by atoms with Crippen molar-refractivity contribution >= 4 is 5.69 Å². The highest BCUT2D eigenvalue weighted by Crippen LogP contribution is 2.24. The van der Waals surface area contributed by atoms with Crippen LogP contribution in [0.1, 0.15) is 18.4 Å². The highest BCUT2D eigenvalue weighted by Gasteiger charge is 2.19. The number of rotatable bonds is 5. The van der Waals surface area contributed by atoms with Crippen LogP contribution in [0.5, 0.6) is 5.75 Å². The molecule has 20 heavy (non-hydrogen) atoms. The average Bonchev–Trinajstić information content (AvgIpc) is 2.47. The summed E-state index contributed by atoms with van der Waals surface area (Å²) in [5, 5.41) is 14.3. The molecular weight excluding hydrogens is 258 g/mol. The first-order valence-electron chi connectivity index (χ1n) is 6.83. The van der Waals surface area contributed by atoms with E-state index in [1.54, 1.807) is 6.07 Å². The molecule has 0 bridgehead atoms. The number of non-ortho nitro benzene ring substituents is 1. The first-order valence-corrected chi connectivity index (χ1v) is 6.83. The molecule has 2 rings (SSSR count). The maximum Gasteiger partial charge on any atom is 0.273 e. The largest absolute Gasteiger partial charge is 0.496 e. The summed E-state index contributed by atoms with van der Waals surface area (Å²) in [6.07, 6.45) is 2.34. The van der Waals surface area contributed by atoms with Gasteiger partial charge in [-0.15, -0.1) is 0 Å². The fraction of sp³-hybridized carbons (Fsp3) is 0.571. The Labute approximate surface area is 118 Å². The lowest BCUT2D eigenvalue weighted by Gasteiger charge is -2.31. The van der Waals surface area contributed by atoms with Crippen molar-refractivity contribution in [1.29, 1.82) is 0 Å². The van der Waals surface area contributed by atoms with Gasteiger partial charge in [-0.3, -0.25) is 15.0 Å². The van der Waals surface area contributed by atoms with E-state index in [9.17, 15) is 10.1 Å². The lowest BCUT2D eigenvalue weighted by Crippen LogP contribution is -2.43. The van der Waals surface area contributed by atoms with Crippen LogP contribution >= 0.6 is 0 Å². The molecule has 1 heterocycles. The number of ether oxygens (including phenoxy) is 1. The topological polar surface area (TPSA) is 67.6 Å². The Hall–Kier alpha value is -1.66. The Bertz CT molecular complexity index is 473. The number of piperidine rings is 1. The molecule has 0 aromatic heterocycles. The third kappa shape index (κ3) is 3.68. The molecule has 1 N–H and O–H groups in total. The minimum atomic E-state index is -0.381. The van der Waals surface area contributed by atoms with Gasteiger partial charge in [0.1, 0.15) is 5.75 Å². The lowest BCUT2D eigenvalue weighted by molar-refractivity contribution is -0.385. The molecule has 6 heteroatoms. The number of benzene rings is 1. The summed E-state index contributed by atoms with van der Waals surface area (Å²) in [6, 6.07) is 5.41. The summed E-state index contributed by atoms with van der Waals surface area (Å²) >= 11 is 0. The van der Waals surface area contributed by atoms with Crippen molar-refractivity contribution in [3.63, 3.8) is 0 Å². The summed E-state index contributed by atoms with van der Waals surface area (Å²) in [6.45, 7) is 2.74. The zero-order valence-electron chi connectivity index (χ0n) is 12.0. The van der Waals surface area contributed by atoms with Gasteiger partial charge in [-0.1, -0.05) is 0 Å². The van der Waals surface area contributed by atoms with Crippen molar-refractivity contribution in [1.82, 2.24) is 10.2 Å². The van der Waals surface area contributed by atoms with Crippen LogP contribution in [0.3, 0.4) is 0 Å². The Morgan fingerprint density at radius 1 is 1.50 bits per heavy atom. The van der Waals surface area contributed by atoms with Crippen molar-refractivity contribution in [3.05, 3.63) is 33.9 Å². The van der Waals surface area contributed by atoms with Gasteiger partial charge in [-0.25, -0.2) is 0 Å². The van der Waals surface area contributed by atoms with E-state index in [0.717, 1.165) is 25.1 Å². The molecule has 1 aromatic carbocycles. The Morgan fingerprint density at radius 2 is 2.30 bits per heavy atom. The standard InChI is InChI=1S/C14H21N3O3/c1-16(12-4-3-5-15-9-12)10-11-6-13(17(18)19)8-14(7-11)20-2/h6-8,12,15H,3-5,9-10H2,1-2H3. The lowest BCUT2D eigenvalue weighted by atomic mass is 10.1. The fourth-order valence-corrected chi connectivity index (χ4v) is 2.58. The molecule has 1 fully saturated rings. The number of hydrogen-bond acceptors (Lipinski definition) is 5. The maximum absolute atomic E-state index is 10.9. The van der Waals surface area contributed by atoms with Gasteiger partial charge in [0.05, 0.1) is 18.1 Å². The molecule has 0 aliphatic carbocycles. The molecule has 1 aliphatic heterocycles. The zero-order valence-corrected chi connectivity index (χ0v) is 12.0. The predicted octanol–water partition coefficient (Wildman–Crippen LogP) is 1.79. The van der Waals surface area contributed by atoms with Crippen LogP contribution in [0.4, 0.5) is 5.69 Å². The van der Waals surface area contributed by atoms with Gasteiger partial charge in [0.25, 0.3) is 5.69 Å². The first kappa shape index (κ1) is 14.7. The van der Waals surface area contributed by atoms with E-state index in [2.05, 4.69) is 17.3 Å². The second kappa shape index (κ2) is 6.67. The fourth-order valence-electron chi connectivity index (χ4n) is 2.58. The Kier molecular flexibility index (Phi) is 4.92. The Morgan fingerprint density at radius 3 is 2.90 bits per heavy atom. The minimum Gasteiger partial charge on any atom is -0.496 e. The third-order valence-electron chi connectivity index (χ3n) is 3.72. The van der Waals surface area contributed by atoms with Gasteiger partial charge in [0.15, 0.2) is 0 Å². The van der Waals surface area contributed by atoms with E-state index < -0.39 is 0 Å². The second-order valence-electron chi connectivity index (χ2n) is 5.21. The normalized spacial score (nSPS) is 19.1. The van der Waals surface area contributed by atoms with E-state index in [1.165, 1.54) is 19.6 Å². The average molecular weight is 279 g/mol. The van der Waals surface area contributed by atoms with Crippen molar-refractivity contribution in [2.24, 2.45) is 0 Å². The molecule has 0 saturated carbocycles. The molecule has 0 spiro atoms. The van der Waals surface area contributed by atoms with Crippen LogP contribution in [0, 0.1) is 10.1 Å². The molecule has 1 saturated heterocycles. The van der Waals surface area contributed by atoms with Crippen LogP contribution in [0.15, 0.2) is 18.2 Å². The first-order chi connectivity index (χ1) is 9.60. The van der Waals surface area contributed by atoms with Crippen LogP contribution in [0.25, 0.3) is 0 Å². The molecule has 1 atom stereocenters. The summed E-state index contributed by atoms with van der Waals surface area (Å²) in [5.74, 6) is 0.532. The van der Waals surface area contributed by atoms with Crippen LogP contribution in [0.2, 0.25) is 0 Å². The van der Waals surface area contributed by atoms with Crippen LogP contribution < -0.4 is 10.1 Å². The number of likely N-dealkylation sites (N-methyl/N-ethyl adjacent to an activating group) is 1. The Balaban J connectivity index is 2.11. The number of methoxy groups -OCH3 is 1. The van der Waals surface area contributed by atoms with E-state index >= 15 is 0 Å². The number of nitrogens with zero attached hydrogens (tertiary/aromatic N) is 2. The van der Waals surface area contributed by atoms with Crippen molar-refractivity contribution in [3.8, 4) is 5.75 Å². The monoisotopic (exact) mass is 279 g/mol. The highest BCUT2D eigenvalue weighted by molar-refractivity contribution is 5.42. The van der Waals surface area contributed by atoms with Crippen molar-refractivity contribution in [2.75, 3.05) is 27.2 Å². The molecule has 1 aromatic rings. The third-order valence-corrected chi connectivity index (χ3v) is 3.72. The van der Waals surface area contributed by atoms with Gasteiger partial charge >= 0.3 is 0 Å². The second-order valence-corrected chi connectivity index (χ2v) is 5.21. The molecule has 6 nitrogen and oxygen atoms in total. The highest BCUT2D eigenvalue weighted by atomic mass is 16.6. The van der Waals surface area contributed by atoms with E-state index in [1.807, 2.05) is 6.07 Å². The van der Waals surface area contributed by atoms with Gasteiger partial charge < -0.3 is 10.1 Å². The van der Waals surface area contributed by atoms with Crippen LogP contribution in [-0.2, 0) is 6.54 Å². The van der Waals surface area contributed by atoms with Gasteiger partial charge in [-0.2, -0.15) is 0 Å². The summed E-state index contributed by atoms with van der Waals surface area (Å²) in [7, 11) is 3.58. The quantitative estimate of drug-likeness (QED) is 0.657. The van der Waals surface area contributed by atoms with Gasteiger partial charge in [0.2, 0.25) is 0 Å². The minimum absolute atomic E-state index is 0.0783. The molecule has 1 aliphatic rings. The van der Waals surface area contributed by atoms with E-state index in [-0.39, 0.29) is 10.6 Å². The molecular formula is C14H21N3O3. The van der Waals surface area contributed by atoms with Crippen molar-refractivity contribution < 1.29 is 9.66 Å². The summed E-state index contributed by atoms with van der Waals surface area (Å²) < 4.78 is 5.14. The number of nitrogens with one attached hydrogen (secondary N) is 1. The maximum atomic E-state index is 10.9. The predicted molar refractivity (Wildman–Crippen MR) is 77.0 cm³/mol. The number of hydrogen-bond donors (Lipinski definition) is 1.